The Bertz CT molecular complexity index is 358. The number of hydrogen-bond donors (Lipinski definition) is 1. The van der Waals surface area contributed by atoms with E-state index >= 15 is 0 Å². The maximum atomic E-state index is 11.5. The van der Waals surface area contributed by atoms with Crippen molar-refractivity contribution < 1.29 is 4.79 Å². The van der Waals surface area contributed by atoms with E-state index in [0.717, 1.165) is 11.3 Å². The summed E-state index contributed by atoms with van der Waals surface area (Å²) in [5, 5.41) is 2.82. The van der Waals surface area contributed by atoms with E-state index in [-0.39, 0.29) is 5.91 Å². The third-order valence-corrected chi connectivity index (χ3v) is 2.30. The summed E-state index contributed by atoms with van der Waals surface area (Å²) < 4.78 is -0.531. The zero-order chi connectivity index (χ0) is 11.5. The molecule has 1 aromatic heterocycles. The molecule has 0 aliphatic heterocycles. The Kier molecular flexibility index (Phi) is 3.85. The lowest BCUT2D eigenvalue weighted by Gasteiger charge is -2.15. The number of aromatic nitrogens is 1. The molecule has 0 aliphatic carbocycles. The van der Waals surface area contributed by atoms with Crippen LogP contribution >= 0.6 is 15.9 Å². The van der Waals surface area contributed by atoms with E-state index in [9.17, 15) is 4.79 Å². The van der Waals surface area contributed by atoms with Gasteiger partial charge in [0.2, 0.25) is 5.91 Å². The quantitative estimate of drug-likeness (QED) is 0.856. The number of nitrogens with zero attached hydrogens (tertiary/aromatic N) is 1. The van der Waals surface area contributed by atoms with E-state index in [4.69, 9.17) is 0 Å². The van der Waals surface area contributed by atoms with Crippen LogP contribution in [-0.2, 0) is 11.3 Å². The highest BCUT2D eigenvalue weighted by molar-refractivity contribution is 9.10. The van der Waals surface area contributed by atoms with Crippen LogP contribution in [0, 0.1) is 6.92 Å². The van der Waals surface area contributed by atoms with E-state index in [2.05, 4.69) is 26.2 Å². The van der Waals surface area contributed by atoms with E-state index in [0.29, 0.717) is 6.54 Å². The van der Waals surface area contributed by atoms with Gasteiger partial charge in [0.15, 0.2) is 0 Å². The minimum absolute atomic E-state index is 0.0363. The van der Waals surface area contributed by atoms with Crippen molar-refractivity contribution in [2.24, 2.45) is 0 Å². The number of rotatable bonds is 3. The first kappa shape index (κ1) is 12.2. The first-order valence-electron chi connectivity index (χ1n) is 4.78. The summed E-state index contributed by atoms with van der Waals surface area (Å²) in [4.78, 5) is 15.7. The fourth-order valence-electron chi connectivity index (χ4n) is 1.08. The molecule has 0 aromatic carbocycles. The van der Waals surface area contributed by atoms with Gasteiger partial charge >= 0.3 is 0 Å². The van der Waals surface area contributed by atoms with Gasteiger partial charge < -0.3 is 5.32 Å². The number of halogens is 1. The lowest BCUT2D eigenvalue weighted by Crippen LogP contribution is -2.37. The van der Waals surface area contributed by atoms with Crippen molar-refractivity contribution in [2.75, 3.05) is 0 Å². The molecule has 82 valence electrons. The van der Waals surface area contributed by atoms with Gasteiger partial charge in [0.1, 0.15) is 0 Å². The fourth-order valence-corrected chi connectivity index (χ4v) is 1.22. The molecular formula is C11H15BrN2O. The highest BCUT2D eigenvalue weighted by atomic mass is 79.9. The molecule has 0 aliphatic rings. The molecular weight excluding hydrogens is 256 g/mol. The van der Waals surface area contributed by atoms with Gasteiger partial charge in [-0.25, -0.2) is 0 Å². The van der Waals surface area contributed by atoms with Crippen LogP contribution in [0.4, 0.5) is 0 Å². The van der Waals surface area contributed by atoms with Gasteiger partial charge in [-0.2, -0.15) is 0 Å². The molecule has 3 nitrogen and oxygen atoms in total. The molecule has 0 saturated carbocycles. The van der Waals surface area contributed by atoms with Crippen molar-refractivity contribution in [2.45, 2.75) is 31.6 Å². The first-order valence-corrected chi connectivity index (χ1v) is 5.57. The van der Waals surface area contributed by atoms with Crippen LogP contribution in [0.15, 0.2) is 18.3 Å². The van der Waals surface area contributed by atoms with Gasteiger partial charge in [-0.05, 0) is 38.5 Å². The molecule has 0 unspecified atom stereocenters. The maximum Gasteiger partial charge on any atom is 0.236 e. The third kappa shape index (κ3) is 4.00. The first-order chi connectivity index (χ1) is 6.89. The van der Waals surface area contributed by atoms with Crippen LogP contribution in [0.3, 0.4) is 0 Å². The van der Waals surface area contributed by atoms with E-state index in [1.54, 1.807) is 6.20 Å². The Hall–Kier alpha value is -0.900. The van der Waals surface area contributed by atoms with Gasteiger partial charge in [-0.1, -0.05) is 15.9 Å². The van der Waals surface area contributed by atoms with Crippen LogP contribution in [0.25, 0.3) is 0 Å². The number of amides is 1. The van der Waals surface area contributed by atoms with Crippen LogP contribution in [-0.4, -0.2) is 15.2 Å². The van der Waals surface area contributed by atoms with E-state index in [1.165, 1.54) is 0 Å². The number of aryl methyl sites for hydroxylation is 1. The Morgan fingerprint density at radius 3 is 2.80 bits per heavy atom. The SMILES string of the molecule is Cc1ccnc(CNC(=O)C(C)(C)Br)c1. The Morgan fingerprint density at radius 1 is 1.60 bits per heavy atom. The van der Waals surface area contributed by atoms with Crippen molar-refractivity contribution >= 4 is 21.8 Å². The average Bonchev–Trinajstić information content (AvgIpc) is 2.12. The number of hydrogen-bond acceptors (Lipinski definition) is 2. The van der Waals surface area contributed by atoms with Crippen LogP contribution in [0.5, 0.6) is 0 Å². The lowest BCUT2D eigenvalue weighted by atomic mass is 10.2. The molecule has 1 heterocycles. The van der Waals surface area contributed by atoms with Crippen molar-refractivity contribution in [3.8, 4) is 0 Å². The summed E-state index contributed by atoms with van der Waals surface area (Å²) >= 11 is 3.30. The Morgan fingerprint density at radius 2 is 2.27 bits per heavy atom. The molecule has 0 saturated heterocycles. The molecule has 1 rings (SSSR count). The normalized spacial score (nSPS) is 11.2. The van der Waals surface area contributed by atoms with Gasteiger partial charge in [0, 0.05) is 6.20 Å². The molecule has 0 spiro atoms. The van der Waals surface area contributed by atoms with Crippen LogP contribution in [0.1, 0.15) is 25.1 Å². The number of pyridine rings is 1. The topological polar surface area (TPSA) is 42.0 Å². The lowest BCUT2D eigenvalue weighted by molar-refractivity contribution is -0.122. The molecule has 0 bridgehead atoms. The smallest absolute Gasteiger partial charge is 0.236 e. The number of nitrogens with one attached hydrogen (secondary N) is 1. The summed E-state index contributed by atoms with van der Waals surface area (Å²) in [6.07, 6.45) is 1.75. The fraction of sp³-hybridized carbons (Fsp3) is 0.455. The van der Waals surface area contributed by atoms with Gasteiger partial charge in [-0.15, -0.1) is 0 Å². The van der Waals surface area contributed by atoms with E-state index in [1.807, 2.05) is 32.9 Å². The Labute approximate surface area is 98.4 Å². The molecule has 1 aromatic rings. The van der Waals surface area contributed by atoms with Crippen molar-refractivity contribution in [1.29, 1.82) is 0 Å². The molecule has 0 radical (unpaired) electrons. The highest BCUT2D eigenvalue weighted by Gasteiger charge is 2.22. The van der Waals surface area contributed by atoms with Gasteiger partial charge in [0.05, 0.1) is 16.6 Å². The summed E-state index contributed by atoms with van der Waals surface area (Å²) in [6.45, 7) is 6.09. The standard InChI is InChI=1S/C11H15BrN2O/c1-8-4-5-13-9(6-8)7-14-10(15)11(2,3)12/h4-6H,7H2,1-3H3,(H,14,15). The summed E-state index contributed by atoms with van der Waals surface area (Å²) in [5.41, 5.74) is 2.02. The molecule has 0 atom stereocenters. The Balaban J connectivity index is 2.55. The largest absolute Gasteiger partial charge is 0.349 e. The van der Waals surface area contributed by atoms with Crippen LogP contribution < -0.4 is 5.32 Å². The molecule has 1 amide bonds. The average molecular weight is 271 g/mol. The number of carbonyl (C=O) groups is 1. The predicted molar refractivity (Wildman–Crippen MR) is 63.8 cm³/mol. The second-order valence-electron chi connectivity index (χ2n) is 3.98. The van der Waals surface area contributed by atoms with Crippen molar-refractivity contribution in [3.05, 3.63) is 29.6 Å². The summed E-state index contributed by atoms with van der Waals surface area (Å²) in [6, 6.07) is 3.89. The summed E-state index contributed by atoms with van der Waals surface area (Å²) in [5.74, 6) is -0.0363. The zero-order valence-corrected chi connectivity index (χ0v) is 10.8. The second-order valence-corrected chi connectivity index (χ2v) is 5.96. The summed E-state index contributed by atoms with van der Waals surface area (Å²) in [7, 11) is 0. The molecule has 4 heteroatoms. The predicted octanol–water partition coefficient (Wildman–Crippen LogP) is 2.18. The minimum atomic E-state index is -0.531. The van der Waals surface area contributed by atoms with Crippen LogP contribution in [0.2, 0.25) is 0 Å². The molecule has 0 fully saturated rings. The second kappa shape index (κ2) is 4.75. The minimum Gasteiger partial charge on any atom is -0.349 e. The van der Waals surface area contributed by atoms with Gasteiger partial charge in [0.25, 0.3) is 0 Å². The monoisotopic (exact) mass is 270 g/mol. The zero-order valence-electron chi connectivity index (χ0n) is 9.17. The van der Waals surface area contributed by atoms with Gasteiger partial charge in [-0.3, -0.25) is 9.78 Å². The van der Waals surface area contributed by atoms with Crippen molar-refractivity contribution in [3.63, 3.8) is 0 Å². The van der Waals surface area contributed by atoms with Crippen molar-refractivity contribution in [1.82, 2.24) is 10.3 Å². The maximum absolute atomic E-state index is 11.5. The number of carbonyl (C=O) groups excluding carboxylic acids is 1. The van der Waals surface area contributed by atoms with E-state index < -0.39 is 4.32 Å². The molecule has 15 heavy (non-hydrogen) atoms. The molecule has 1 N–H and O–H groups in total. The third-order valence-electron chi connectivity index (χ3n) is 1.94. The highest BCUT2D eigenvalue weighted by Crippen LogP contribution is 2.15. The number of alkyl halides is 1.